The number of rotatable bonds is 5. The summed E-state index contributed by atoms with van der Waals surface area (Å²) in [6, 6.07) is 9.57. The second kappa shape index (κ2) is 5.52. The van der Waals surface area contributed by atoms with E-state index < -0.39 is 0 Å². The molecule has 0 bridgehead atoms. The molecule has 1 fully saturated rings. The molecule has 3 heteroatoms. The van der Waals surface area contributed by atoms with Crippen molar-refractivity contribution in [3.05, 3.63) is 29.8 Å². The van der Waals surface area contributed by atoms with Crippen molar-refractivity contribution in [2.24, 2.45) is 0 Å². The molecule has 0 aromatic heterocycles. The molecule has 17 heavy (non-hydrogen) atoms. The Balaban J connectivity index is 2.07. The van der Waals surface area contributed by atoms with Crippen molar-refractivity contribution < 1.29 is 4.74 Å². The van der Waals surface area contributed by atoms with E-state index >= 15 is 0 Å². The lowest BCUT2D eigenvalue weighted by Gasteiger charge is -2.41. The Bertz CT molecular complexity index is 346. The molecule has 0 spiro atoms. The molecular formula is C14H22N2O. The maximum absolute atomic E-state index is 5.19. The van der Waals surface area contributed by atoms with Crippen LogP contribution in [0, 0.1) is 0 Å². The highest BCUT2D eigenvalue weighted by atomic mass is 16.5. The molecule has 1 heterocycles. The largest absolute Gasteiger partial charge is 0.497 e. The van der Waals surface area contributed by atoms with Gasteiger partial charge in [-0.15, -0.1) is 0 Å². The van der Waals surface area contributed by atoms with E-state index in [9.17, 15) is 0 Å². The minimum Gasteiger partial charge on any atom is -0.497 e. The molecule has 0 aliphatic carbocycles. The smallest absolute Gasteiger partial charge is 0.118 e. The zero-order valence-corrected chi connectivity index (χ0v) is 10.9. The van der Waals surface area contributed by atoms with Crippen LogP contribution in [0.15, 0.2) is 24.3 Å². The molecule has 1 unspecified atom stereocenters. The number of likely N-dealkylation sites (N-methyl/N-ethyl adjacent to an activating group) is 1. The fourth-order valence-electron chi connectivity index (χ4n) is 2.43. The number of nitrogens with zero attached hydrogens (tertiary/aromatic N) is 1. The summed E-state index contributed by atoms with van der Waals surface area (Å²) in [6.45, 7) is 7.85. The minimum atomic E-state index is 0.470. The maximum atomic E-state index is 5.19. The monoisotopic (exact) mass is 234 g/mol. The van der Waals surface area contributed by atoms with Crippen molar-refractivity contribution >= 4 is 0 Å². The number of methoxy groups -OCH3 is 1. The van der Waals surface area contributed by atoms with Gasteiger partial charge >= 0.3 is 0 Å². The summed E-state index contributed by atoms with van der Waals surface area (Å²) >= 11 is 0. The van der Waals surface area contributed by atoms with Crippen molar-refractivity contribution in [1.82, 2.24) is 10.2 Å². The second-order valence-electron chi connectivity index (χ2n) is 4.59. The third-order valence-electron chi connectivity index (χ3n) is 3.69. The molecular weight excluding hydrogens is 212 g/mol. The molecule has 2 rings (SSSR count). The van der Waals surface area contributed by atoms with Crippen molar-refractivity contribution in [3.63, 3.8) is 0 Å². The van der Waals surface area contributed by atoms with Crippen LogP contribution in [0.1, 0.15) is 25.5 Å². The van der Waals surface area contributed by atoms with Crippen LogP contribution in [-0.4, -0.2) is 37.7 Å². The van der Waals surface area contributed by atoms with E-state index in [1.165, 1.54) is 5.56 Å². The first-order valence-corrected chi connectivity index (χ1v) is 6.36. The van der Waals surface area contributed by atoms with Crippen molar-refractivity contribution in [2.45, 2.75) is 25.9 Å². The van der Waals surface area contributed by atoms with Gasteiger partial charge in [-0.1, -0.05) is 19.1 Å². The van der Waals surface area contributed by atoms with E-state index in [2.05, 4.69) is 36.2 Å². The summed E-state index contributed by atoms with van der Waals surface area (Å²) in [6.07, 6.45) is 0. The fourth-order valence-corrected chi connectivity index (χ4v) is 2.43. The van der Waals surface area contributed by atoms with Crippen LogP contribution in [0.2, 0.25) is 0 Å². The van der Waals surface area contributed by atoms with Crippen molar-refractivity contribution in [1.29, 1.82) is 0 Å². The van der Waals surface area contributed by atoms with Crippen LogP contribution in [-0.2, 0) is 0 Å². The van der Waals surface area contributed by atoms with Crippen LogP contribution < -0.4 is 10.1 Å². The maximum Gasteiger partial charge on any atom is 0.118 e. The second-order valence-corrected chi connectivity index (χ2v) is 4.59. The molecule has 1 aliphatic heterocycles. The predicted octanol–water partition coefficient (Wildman–Crippen LogP) is 2.05. The summed E-state index contributed by atoms with van der Waals surface area (Å²) in [5.41, 5.74) is 1.36. The molecule has 1 atom stereocenters. The molecule has 1 N–H and O–H groups in total. The molecule has 1 aromatic carbocycles. The van der Waals surface area contributed by atoms with Crippen molar-refractivity contribution in [2.75, 3.05) is 26.7 Å². The predicted molar refractivity (Wildman–Crippen MR) is 70.4 cm³/mol. The van der Waals surface area contributed by atoms with Gasteiger partial charge in [0.15, 0.2) is 0 Å². The quantitative estimate of drug-likeness (QED) is 0.844. The average molecular weight is 234 g/mol. The normalized spacial score (nSPS) is 17.9. The van der Waals surface area contributed by atoms with Crippen LogP contribution in [0.4, 0.5) is 0 Å². The minimum absolute atomic E-state index is 0.470. The van der Waals surface area contributed by atoms with Gasteiger partial charge in [0.25, 0.3) is 0 Å². The zero-order chi connectivity index (χ0) is 12.3. The molecule has 0 saturated carbocycles. The lowest BCUT2D eigenvalue weighted by atomic mass is 10.0. The first-order valence-electron chi connectivity index (χ1n) is 6.36. The van der Waals surface area contributed by atoms with Gasteiger partial charge in [-0.2, -0.15) is 0 Å². The summed E-state index contributed by atoms with van der Waals surface area (Å²) in [5, 5.41) is 3.34. The Morgan fingerprint density at radius 3 is 2.41 bits per heavy atom. The van der Waals surface area contributed by atoms with E-state index in [-0.39, 0.29) is 0 Å². The first-order chi connectivity index (χ1) is 8.26. The van der Waals surface area contributed by atoms with Gasteiger partial charge in [-0.25, -0.2) is 0 Å². The highest BCUT2D eigenvalue weighted by molar-refractivity contribution is 5.29. The third-order valence-corrected chi connectivity index (χ3v) is 3.69. The van der Waals surface area contributed by atoms with E-state index in [0.717, 1.165) is 25.4 Å². The topological polar surface area (TPSA) is 24.5 Å². The first kappa shape index (κ1) is 12.4. The van der Waals surface area contributed by atoms with Gasteiger partial charge in [0.05, 0.1) is 7.11 Å². The van der Waals surface area contributed by atoms with E-state index in [0.29, 0.717) is 12.1 Å². The Kier molecular flexibility index (Phi) is 4.02. The molecule has 1 aliphatic rings. The van der Waals surface area contributed by atoms with E-state index in [4.69, 9.17) is 4.74 Å². The molecule has 1 saturated heterocycles. The van der Waals surface area contributed by atoms with E-state index in [1.54, 1.807) is 7.11 Å². The molecule has 3 nitrogen and oxygen atoms in total. The number of nitrogens with one attached hydrogen (secondary N) is 1. The molecule has 1 aromatic rings. The Labute approximate surface area is 104 Å². The lowest BCUT2D eigenvalue weighted by molar-refractivity contribution is 0.110. The molecule has 94 valence electrons. The van der Waals surface area contributed by atoms with Crippen molar-refractivity contribution in [3.8, 4) is 5.75 Å². The Hall–Kier alpha value is -1.06. The SMILES string of the molecule is CCN(C1CNC1)C(C)c1ccc(OC)cc1. The number of hydrogen-bond donors (Lipinski definition) is 1. The van der Waals surface area contributed by atoms with Crippen LogP contribution in [0.3, 0.4) is 0 Å². The summed E-state index contributed by atoms with van der Waals surface area (Å²) in [7, 11) is 1.71. The highest BCUT2D eigenvalue weighted by Crippen LogP contribution is 2.25. The van der Waals surface area contributed by atoms with Crippen LogP contribution in [0.25, 0.3) is 0 Å². The molecule has 0 radical (unpaired) electrons. The van der Waals surface area contributed by atoms with Gasteiger partial charge in [0.1, 0.15) is 5.75 Å². The third kappa shape index (κ3) is 2.61. The number of ether oxygens (including phenoxy) is 1. The van der Waals surface area contributed by atoms with Gasteiger partial charge in [0.2, 0.25) is 0 Å². The summed E-state index contributed by atoms with van der Waals surface area (Å²) < 4.78 is 5.19. The lowest BCUT2D eigenvalue weighted by Crippen LogP contribution is -2.57. The van der Waals surface area contributed by atoms with Crippen LogP contribution >= 0.6 is 0 Å². The van der Waals surface area contributed by atoms with Gasteiger partial charge in [0, 0.05) is 25.2 Å². The number of hydrogen-bond acceptors (Lipinski definition) is 3. The fraction of sp³-hybridized carbons (Fsp3) is 0.571. The van der Waals surface area contributed by atoms with Gasteiger partial charge < -0.3 is 10.1 Å². The van der Waals surface area contributed by atoms with Gasteiger partial charge in [-0.3, -0.25) is 4.90 Å². The molecule has 0 amide bonds. The average Bonchev–Trinajstić information content (AvgIpc) is 2.32. The Morgan fingerprint density at radius 2 is 2.00 bits per heavy atom. The standard InChI is InChI=1S/C14H22N2O/c1-4-16(13-9-15-10-13)11(2)12-5-7-14(17-3)8-6-12/h5-8,11,13,15H,4,9-10H2,1-3H3. The number of benzene rings is 1. The highest BCUT2D eigenvalue weighted by Gasteiger charge is 2.27. The summed E-state index contributed by atoms with van der Waals surface area (Å²) in [4.78, 5) is 2.55. The zero-order valence-electron chi connectivity index (χ0n) is 10.9. The van der Waals surface area contributed by atoms with E-state index in [1.807, 2.05) is 12.1 Å². The summed E-state index contributed by atoms with van der Waals surface area (Å²) in [5.74, 6) is 0.925. The van der Waals surface area contributed by atoms with Crippen LogP contribution in [0.5, 0.6) is 5.75 Å². The van der Waals surface area contributed by atoms with Gasteiger partial charge in [-0.05, 0) is 31.2 Å². The Morgan fingerprint density at radius 1 is 1.35 bits per heavy atom.